The van der Waals surface area contributed by atoms with Crippen LogP contribution in [0.3, 0.4) is 0 Å². The number of alkyl halides is 3. The molecule has 1 saturated heterocycles. The van der Waals surface area contributed by atoms with Gasteiger partial charge in [-0.05, 0) is 24.3 Å². The zero-order chi connectivity index (χ0) is 28.4. The molecular weight excluding hydrogens is 525 g/mol. The maximum Gasteiger partial charge on any atom is 0.416 e. The average Bonchev–Trinajstić information content (AvgIpc) is 2.86. The van der Waals surface area contributed by atoms with Gasteiger partial charge in [0.15, 0.2) is 6.29 Å². The van der Waals surface area contributed by atoms with Crippen molar-refractivity contribution >= 4 is 23.2 Å². The van der Waals surface area contributed by atoms with Crippen molar-refractivity contribution in [3.05, 3.63) is 79.4 Å². The average molecular weight is 544 g/mol. The summed E-state index contributed by atoms with van der Waals surface area (Å²) in [4.78, 5) is 44.9. The highest BCUT2D eigenvalue weighted by atomic mass is 19.4. The topological polar surface area (TPSA) is 214 Å². The van der Waals surface area contributed by atoms with E-state index < -0.39 is 87.5 Å². The van der Waals surface area contributed by atoms with Crippen molar-refractivity contribution in [3.8, 4) is 0 Å². The van der Waals surface area contributed by atoms with Gasteiger partial charge in [-0.3, -0.25) is 29.8 Å². The summed E-state index contributed by atoms with van der Waals surface area (Å²) < 4.78 is 43.1. The van der Waals surface area contributed by atoms with Crippen molar-refractivity contribution in [2.45, 2.75) is 36.8 Å². The van der Waals surface area contributed by atoms with Gasteiger partial charge in [0.1, 0.15) is 24.4 Å². The predicted octanol–water partition coefficient (Wildman–Crippen LogP) is 0.489. The highest BCUT2D eigenvalue weighted by Crippen LogP contribution is 2.29. The second-order valence-electron chi connectivity index (χ2n) is 8.08. The molecule has 0 spiro atoms. The van der Waals surface area contributed by atoms with Crippen LogP contribution in [0.5, 0.6) is 0 Å². The SMILES string of the molecule is O=C(NC[C@H]1OC(O)[C@H](NC(=O)c2cc([N+](=O)[O-])cc([N+](=O)[O-])c2)[C@@H](O)[C@@H]1O)c1ccc(C(F)(F)F)cc1. The van der Waals surface area contributed by atoms with E-state index in [1.807, 2.05) is 0 Å². The van der Waals surface area contributed by atoms with Crippen LogP contribution < -0.4 is 10.6 Å². The van der Waals surface area contributed by atoms with Crippen molar-refractivity contribution in [3.63, 3.8) is 0 Å². The number of halogens is 3. The number of nitrogens with one attached hydrogen (secondary N) is 2. The third-order valence-corrected chi connectivity index (χ3v) is 5.54. The number of amides is 2. The van der Waals surface area contributed by atoms with Crippen LogP contribution in [0.2, 0.25) is 0 Å². The largest absolute Gasteiger partial charge is 0.416 e. The van der Waals surface area contributed by atoms with E-state index in [0.717, 1.165) is 24.3 Å². The van der Waals surface area contributed by atoms with Gasteiger partial charge in [-0.15, -0.1) is 0 Å². The molecule has 2 aromatic carbocycles. The molecule has 0 aliphatic carbocycles. The van der Waals surface area contributed by atoms with E-state index in [1.54, 1.807) is 0 Å². The van der Waals surface area contributed by atoms with Crippen LogP contribution >= 0.6 is 0 Å². The number of rotatable bonds is 7. The van der Waals surface area contributed by atoms with Crippen molar-refractivity contribution in [2.24, 2.45) is 0 Å². The van der Waals surface area contributed by atoms with Crippen molar-refractivity contribution in [2.75, 3.05) is 6.54 Å². The Morgan fingerprint density at radius 3 is 1.95 bits per heavy atom. The molecule has 5 N–H and O–H groups in total. The molecule has 14 nitrogen and oxygen atoms in total. The lowest BCUT2D eigenvalue weighted by molar-refractivity contribution is -0.394. The van der Waals surface area contributed by atoms with E-state index >= 15 is 0 Å². The summed E-state index contributed by atoms with van der Waals surface area (Å²) in [7, 11) is 0. The Morgan fingerprint density at radius 2 is 1.45 bits per heavy atom. The van der Waals surface area contributed by atoms with Crippen LogP contribution in [0.15, 0.2) is 42.5 Å². The number of aliphatic hydroxyl groups excluding tert-OH is 3. The standard InChI is InChI=1S/C21H19F3N4O10/c22-21(23,24)11-3-1-9(2-4-11)18(31)25-8-14-16(29)17(30)15(20(33)38-14)26-19(32)10-5-12(27(34)35)7-13(6-10)28(36)37/h1-7,14-17,20,29-30,33H,8H2,(H,25,31)(H,26,32)/t14-,15-,16-,17-,20?/m1/s1. The Morgan fingerprint density at radius 1 is 0.895 bits per heavy atom. The summed E-state index contributed by atoms with van der Waals surface area (Å²) in [6.07, 6.45) is -11.7. The smallest absolute Gasteiger partial charge is 0.388 e. The molecular formula is C21H19F3N4O10. The number of nitro benzene ring substituents is 2. The first-order valence-corrected chi connectivity index (χ1v) is 10.6. The number of non-ortho nitro benzene ring substituents is 2. The van der Waals surface area contributed by atoms with E-state index in [1.165, 1.54) is 0 Å². The number of carbonyl (C=O) groups excluding carboxylic acids is 2. The molecule has 3 rings (SSSR count). The summed E-state index contributed by atoms with van der Waals surface area (Å²) >= 11 is 0. The van der Waals surface area contributed by atoms with Gasteiger partial charge in [-0.1, -0.05) is 0 Å². The van der Waals surface area contributed by atoms with Gasteiger partial charge in [-0.2, -0.15) is 13.2 Å². The Kier molecular flexibility index (Phi) is 8.25. The van der Waals surface area contributed by atoms with Crippen molar-refractivity contribution in [1.82, 2.24) is 10.6 Å². The molecule has 5 atom stereocenters. The number of aliphatic hydroxyl groups is 3. The number of nitrogens with zero attached hydrogens (tertiary/aromatic N) is 2. The lowest BCUT2D eigenvalue weighted by atomic mass is 9.96. The second-order valence-corrected chi connectivity index (χ2v) is 8.08. The summed E-state index contributed by atoms with van der Waals surface area (Å²) in [5.74, 6) is -2.02. The molecule has 0 aromatic heterocycles. The molecule has 0 saturated carbocycles. The molecule has 204 valence electrons. The van der Waals surface area contributed by atoms with E-state index in [-0.39, 0.29) is 5.56 Å². The number of hydrogen-bond acceptors (Lipinski definition) is 10. The first-order valence-electron chi connectivity index (χ1n) is 10.6. The van der Waals surface area contributed by atoms with E-state index in [9.17, 15) is 58.3 Å². The fourth-order valence-corrected chi connectivity index (χ4v) is 3.55. The van der Waals surface area contributed by atoms with Crippen LogP contribution in [0.1, 0.15) is 26.3 Å². The van der Waals surface area contributed by atoms with Gasteiger partial charge in [0, 0.05) is 24.2 Å². The fourth-order valence-electron chi connectivity index (χ4n) is 3.55. The minimum atomic E-state index is -4.60. The van der Waals surface area contributed by atoms with Gasteiger partial charge in [0.05, 0.1) is 27.0 Å². The molecule has 1 aliphatic rings. The number of nitro groups is 2. The molecule has 0 radical (unpaired) electrons. The lowest BCUT2D eigenvalue weighted by Crippen LogP contribution is -2.65. The van der Waals surface area contributed by atoms with Gasteiger partial charge in [-0.25, -0.2) is 0 Å². The summed E-state index contributed by atoms with van der Waals surface area (Å²) in [6.45, 7) is -0.507. The van der Waals surface area contributed by atoms with Crippen molar-refractivity contribution in [1.29, 1.82) is 0 Å². The summed E-state index contributed by atoms with van der Waals surface area (Å²) in [6, 6.07) is 3.60. The maximum atomic E-state index is 12.7. The van der Waals surface area contributed by atoms with Crippen LogP contribution in [0.4, 0.5) is 24.5 Å². The van der Waals surface area contributed by atoms with Crippen LogP contribution in [-0.4, -0.2) is 74.2 Å². The predicted molar refractivity (Wildman–Crippen MR) is 118 cm³/mol. The third-order valence-electron chi connectivity index (χ3n) is 5.54. The lowest BCUT2D eigenvalue weighted by Gasteiger charge is -2.41. The minimum Gasteiger partial charge on any atom is -0.388 e. The van der Waals surface area contributed by atoms with E-state index in [2.05, 4.69) is 10.6 Å². The Hall–Kier alpha value is -4.19. The Labute approximate surface area is 209 Å². The molecule has 1 aliphatic heterocycles. The first-order chi connectivity index (χ1) is 17.7. The minimum absolute atomic E-state index is 0.152. The van der Waals surface area contributed by atoms with Crippen LogP contribution in [-0.2, 0) is 10.9 Å². The highest BCUT2D eigenvalue weighted by Gasteiger charge is 2.45. The molecule has 1 heterocycles. The Bertz CT molecular complexity index is 1210. The number of benzene rings is 2. The first kappa shape index (κ1) is 28.4. The number of ether oxygens (including phenoxy) is 1. The van der Waals surface area contributed by atoms with E-state index in [4.69, 9.17) is 4.74 Å². The highest BCUT2D eigenvalue weighted by molar-refractivity contribution is 5.96. The molecule has 2 aromatic rings. The zero-order valence-electron chi connectivity index (χ0n) is 18.9. The zero-order valence-corrected chi connectivity index (χ0v) is 18.9. The Balaban J connectivity index is 1.65. The van der Waals surface area contributed by atoms with Crippen LogP contribution in [0.25, 0.3) is 0 Å². The number of hydrogen-bond donors (Lipinski definition) is 5. The van der Waals surface area contributed by atoms with Crippen molar-refractivity contribution < 1.29 is 52.7 Å². The molecule has 2 amide bonds. The van der Waals surface area contributed by atoms with Gasteiger partial charge >= 0.3 is 6.18 Å². The third kappa shape index (κ3) is 6.38. The summed E-state index contributed by atoms with van der Waals surface area (Å²) in [5.41, 5.74) is -3.21. The molecule has 38 heavy (non-hydrogen) atoms. The normalized spacial score (nSPS) is 23.4. The number of carbonyl (C=O) groups is 2. The van der Waals surface area contributed by atoms with E-state index in [0.29, 0.717) is 18.2 Å². The quantitative estimate of drug-likeness (QED) is 0.240. The maximum absolute atomic E-state index is 12.7. The molecule has 1 unspecified atom stereocenters. The second kappa shape index (κ2) is 11.1. The molecule has 17 heteroatoms. The van der Waals surface area contributed by atoms with Gasteiger partial charge in [0.25, 0.3) is 23.2 Å². The van der Waals surface area contributed by atoms with Crippen LogP contribution in [0, 0.1) is 20.2 Å². The molecule has 1 fully saturated rings. The monoisotopic (exact) mass is 544 g/mol. The van der Waals surface area contributed by atoms with Gasteiger partial charge < -0.3 is 30.7 Å². The fraction of sp³-hybridized carbons (Fsp3) is 0.333. The summed E-state index contributed by atoms with van der Waals surface area (Å²) in [5, 5.41) is 57.4. The van der Waals surface area contributed by atoms with Gasteiger partial charge in [0.2, 0.25) is 0 Å². The molecule has 0 bridgehead atoms.